The number of ether oxygens (including phenoxy) is 2. The molecule has 39 heavy (non-hydrogen) atoms. The molecule has 0 amide bonds. The summed E-state index contributed by atoms with van der Waals surface area (Å²) in [6, 6.07) is 16.5. The zero-order chi connectivity index (χ0) is 28.4. The lowest BCUT2D eigenvalue weighted by atomic mass is 9.69. The third kappa shape index (κ3) is 5.60. The summed E-state index contributed by atoms with van der Waals surface area (Å²) in [6.45, 7) is 11.6. The van der Waals surface area contributed by atoms with Crippen molar-refractivity contribution in [2.75, 3.05) is 13.7 Å². The summed E-state index contributed by atoms with van der Waals surface area (Å²) in [5.74, 6) is -0.647. The van der Waals surface area contributed by atoms with E-state index in [0.717, 1.165) is 37.0 Å². The fourth-order valence-corrected chi connectivity index (χ4v) is 5.71. The molecule has 5 heteroatoms. The van der Waals surface area contributed by atoms with Crippen molar-refractivity contribution in [1.82, 2.24) is 0 Å². The third-order valence-electron chi connectivity index (χ3n) is 8.49. The van der Waals surface area contributed by atoms with Crippen LogP contribution in [-0.4, -0.2) is 35.5 Å². The molecule has 4 rings (SSSR count). The number of carboxylic acid groups (broad SMARTS) is 1. The minimum atomic E-state index is -0.931. The fourth-order valence-electron chi connectivity index (χ4n) is 5.71. The van der Waals surface area contributed by atoms with E-state index in [-0.39, 0.29) is 28.9 Å². The third-order valence-corrected chi connectivity index (χ3v) is 8.49. The number of carboxylic acids is 1. The maximum absolute atomic E-state index is 11.4. The largest absolute Gasteiger partial charge is 0.504 e. The van der Waals surface area contributed by atoms with Crippen LogP contribution in [0.3, 0.4) is 0 Å². The lowest BCUT2D eigenvalue weighted by Crippen LogP contribution is -2.26. The van der Waals surface area contributed by atoms with Crippen molar-refractivity contribution in [3.63, 3.8) is 0 Å². The maximum atomic E-state index is 11.4. The molecule has 1 fully saturated rings. The van der Waals surface area contributed by atoms with E-state index >= 15 is 0 Å². The van der Waals surface area contributed by atoms with Crippen LogP contribution in [0.2, 0.25) is 0 Å². The lowest BCUT2D eigenvalue weighted by molar-refractivity contribution is -0.136. The van der Waals surface area contributed by atoms with Gasteiger partial charge in [-0.15, -0.1) is 0 Å². The van der Waals surface area contributed by atoms with E-state index in [9.17, 15) is 15.0 Å². The number of aliphatic carboxylic acids is 1. The Morgan fingerprint density at radius 2 is 1.64 bits per heavy atom. The van der Waals surface area contributed by atoms with Gasteiger partial charge >= 0.3 is 5.97 Å². The van der Waals surface area contributed by atoms with Gasteiger partial charge in [0.15, 0.2) is 11.5 Å². The number of benzene rings is 3. The first-order chi connectivity index (χ1) is 18.6. The van der Waals surface area contributed by atoms with Gasteiger partial charge in [-0.05, 0) is 90.3 Å². The molecule has 2 N–H and O–H groups in total. The molecule has 0 spiro atoms. The molecule has 3 aromatic carbocycles. The van der Waals surface area contributed by atoms with Gasteiger partial charge in [-0.25, -0.2) is 0 Å². The SMILES string of the molecule is CCC1(/C=C/c2ccc(C(CC)(CC)c3ccc(-c4cc(CC(=O)O)cc(OC)c4O)c(C)c3)cc2C)CO1. The Morgan fingerprint density at radius 3 is 2.15 bits per heavy atom. The summed E-state index contributed by atoms with van der Waals surface area (Å²) in [6.07, 6.45) is 7.10. The molecule has 1 atom stereocenters. The molecule has 1 heterocycles. The van der Waals surface area contributed by atoms with Crippen LogP contribution in [-0.2, 0) is 21.4 Å². The number of hydrogen-bond acceptors (Lipinski definition) is 4. The molecular weight excluding hydrogens is 488 g/mol. The zero-order valence-electron chi connectivity index (χ0n) is 23.9. The summed E-state index contributed by atoms with van der Waals surface area (Å²) in [4.78, 5) is 11.4. The van der Waals surface area contributed by atoms with Gasteiger partial charge in [0.25, 0.3) is 0 Å². The predicted molar refractivity (Wildman–Crippen MR) is 157 cm³/mol. The number of aryl methyl sites for hydroxylation is 2. The van der Waals surface area contributed by atoms with Crippen LogP contribution in [0.4, 0.5) is 0 Å². The standard InChI is InChI=1S/C34H40O5/c1-7-33(21-39-33)15-14-25-10-11-26(16-22(25)4)34(8-2,9-3)27-12-13-28(23(5)17-27)29-18-24(20-31(35)36)19-30(38-6)32(29)37/h10-19,37H,7-9,20-21H2,1-6H3,(H,35,36)/b15-14+. The van der Waals surface area contributed by atoms with Crippen LogP contribution in [0.15, 0.2) is 54.6 Å². The highest BCUT2D eigenvalue weighted by molar-refractivity contribution is 5.79. The van der Waals surface area contributed by atoms with Crippen molar-refractivity contribution in [3.05, 3.63) is 88.0 Å². The highest BCUT2D eigenvalue weighted by Crippen LogP contribution is 2.44. The van der Waals surface area contributed by atoms with Crippen molar-refractivity contribution in [2.24, 2.45) is 0 Å². The molecule has 1 saturated heterocycles. The summed E-state index contributed by atoms with van der Waals surface area (Å²) < 4.78 is 11.0. The first-order valence-corrected chi connectivity index (χ1v) is 13.8. The van der Waals surface area contributed by atoms with Gasteiger partial charge in [-0.1, -0.05) is 63.2 Å². The number of hydrogen-bond donors (Lipinski definition) is 2. The maximum Gasteiger partial charge on any atom is 0.307 e. The van der Waals surface area contributed by atoms with Crippen LogP contribution in [0.1, 0.15) is 73.4 Å². The molecule has 3 aromatic rings. The van der Waals surface area contributed by atoms with Gasteiger partial charge in [-0.2, -0.15) is 0 Å². The van der Waals surface area contributed by atoms with Gasteiger partial charge in [0.1, 0.15) is 5.60 Å². The fraction of sp³-hybridized carbons (Fsp3) is 0.382. The van der Waals surface area contributed by atoms with Crippen LogP contribution >= 0.6 is 0 Å². The second-order valence-electron chi connectivity index (χ2n) is 10.7. The van der Waals surface area contributed by atoms with Gasteiger partial charge in [0.2, 0.25) is 0 Å². The van der Waals surface area contributed by atoms with Gasteiger partial charge in [-0.3, -0.25) is 4.79 Å². The number of aromatic hydroxyl groups is 1. The molecule has 1 aliphatic rings. The van der Waals surface area contributed by atoms with Crippen LogP contribution in [0, 0.1) is 13.8 Å². The quantitative estimate of drug-likeness (QED) is 0.250. The second kappa shape index (κ2) is 11.3. The summed E-state index contributed by atoms with van der Waals surface area (Å²) in [5.41, 5.74) is 7.73. The number of phenols is 1. The highest BCUT2D eigenvalue weighted by Gasteiger charge is 2.39. The molecule has 1 aliphatic heterocycles. The molecule has 0 saturated carbocycles. The normalized spacial score (nSPS) is 17.0. The van der Waals surface area contributed by atoms with E-state index < -0.39 is 5.97 Å². The van der Waals surface area contributed by atoms with Crippen LogP contribution in [0.5, 0.6) is 11.5 Å². The Labute approximate surface area is 232 Å². The average Bonchev–Trinajstić information content (AvgIpc) is 3.70. The minimum absolute atomic E-state index is 0.0143. The van der Waals surface area contributed by atoms with Crippen LogP contribution in [0.25, 0.3) is 17.2 Å². The molecule has 0 aliphatic carbocycles. The molecule has 5 nitrogen and oxygen atoms in total. The van der Waals surface area contributed by atoms with Crippen molar-refractivity contribution in [2.45, 2.75) is 71.3 Å². The average molecular weight is 529 g/mol. The van der Waals surface area contributed by atoms with E-state index in [1.165, 1.54) is 29.4 Å². The minimum Gasteiger partial charge on any atom is -0.504 e. The van der Waals surface area contributed by atoms with Crippen LogP contribution < -0.4 is 4.74 Å². The summed E-state index contributed by atoms with van der Waals surface area (Å²) >= 11 is 0. The number of phenolic OH excluding ortho intramolecular Hbond substituents is 1. The highest BCUT2D eigenvalue weighted by atomic mass is 16.6. The summed E-state index contributed by atoms with van der Waals surface area (Å²) in [5, 5.41) is 20.2. The lowest BCUT2D eigenvalue weighted by Gasteiger charge is -2.34. The molecule has 0 radical (unpaired) electrons. The van der Waals surface area contributed by atoms with Gasteiger partial charge in [0.05, 0.1) is 20.1 Å². The number of rotatable bonds is 11. The molecule has 206 valence electrons. The topological polar surface area (TPSA) is 79.3 Å². The second-order valence-corrected chi connectivity index (χ2v) is 10.7. The molecule has 1 unspecified atom stereocenters. The molecular formula is C34H40O5. The monoisotopic (exact) mass is 528 g/mol. The van der Waals surface area contributed by atoms with E-state index in [2.05, 4.69) is 70.2 Å². The van der Waals surface area contributed by atoms with E-state index in [1.807, 2.05) is 13.0 Å². The Balaban J connectivity index is 1.73. The smallest absolute Gasteiger partial charge is 0.307 e. The zero-order valence-corrected chi connectivity index (χ0v) is 23.9. The Hall–Kier alpha value is -3.57. The van der Waals surface area contributed by atoms with Crippen molar-refractivity contribution < 1.29 is 24.5 Å². The molecule has 0 bridgehead atoms. The van der Waals surface area contributed by atoms with E-state index in [0.29, 0.717) is 11.1 Å². The number of carbonyl (C=O) groups is 1. The predicted octanol–water partition coefficient (Wildman–Crippen LogP) is 7.61. The van der Waals surface area contributed by atoms with Gasteiger partial charge in [0, 0.05) is 11.0 Å². The number of methoxy groups -OCH3 is 1. The molecule has 0 aromatic heterocycles. The summed E-state index contributed by atoms with van der Waals surface area (Å²) in [7, 11) is 1.47. The van der Waals surface area contributed by atoms with E-state index in [4.69, 9.17) is 9.47 Å². The Morgan fingerprint density at radius 1 is 1.00 bits per heavy atom. The van der Waals surface area contributed by atoms with Crippen molar-refractivity contribution in [3.8, 4) is 22.6 Å². The van der Waals surface area contributed by atoms with Crippen molar-refractivity contribution in [1.29, 1.82) is 0 Å². The Bertz CT molecular complexity index is 1390. The van der Waals surface area contributed by atoms with Gasteiger partial charge < -0.3 is 19.7 Å². The van der Waals surface area contributed by atoms with Crippen molar-refractivity contribution >= 4 is 12.0 Å². The first kappa shape index (κ1) is 28.4. The number of epoxide rings is 1. The Kier molecular flexibility index (Phi) is 8.22. The first-order valence-electron chi connectivity index (χ1n) is 13.8. The van der Waals surface area contributed by atoms with E-state index in [1.54, 1.807) is 12.1 Å².